The van der Waals surface area contributed by atoms with Crippen molar-refractivity contribution in [1.82, 2.24) is 9.71 Å². The number of nitrogens with one attached hydrogen (secondary N) is 2. The van der Waals surface area contributed by atoms with Crippen LogP contribution < -0.4 is 10.0 Å². The molecule has 0 unspecified atom stereocenters. The van der Waals surface area contributed by atoms with Gasteiger partial charge in [-0.25, -0.2) is 18.1 Å². The molecule has 0 radical (unpaired) electrons. The molecule has 0 saturated heterocycles. The summed E-state index contributed by atoms with van der Waals surface area (Å²) in [6, 6.07) is 0. The van der Waals surface area contributed by atoms with Crippen LogP contribution in [0.15, 0.2) is 10.4 Å². The summed E-state index contributed by atoms with van der Waals surface area (Å²) in [6.07, 6.45) is 6.22. The lowest BCUT2D eigenvalue weighted by Crippen LogP contribution is -2.49. The van der Waals surface area contributed by atoms with Gasteiger partial charge in [-0.3, -0.25) is 9.59 Å². The molecule has 2 aliphatic rings. The van der Waals surface area contributed by atoms with Gasteiger partial charge in [-0.2, -0.15) is 0 Å². The predicted molar refractivity (Wildman–Crippen MR) is 80.8 cm³/mol. The maximum Gasteiger partial charge on any atom is 0.275 e. The predicted octanol–water partition coefficient (Wildman–Crippen LogP) is 1.49. The fourth-order valence-corrected chi connectivity index (χ4v) is 5.23. The summed E-state index contributed by atoms with van der Waals surface area (Å²) in [4.78, 5) is 26.8. The zero-order chi connectivity index (χ0) is 16.0. The molecule has 9 heteroatoms. The molecule has 0 aromatic carbocycles. The van der Waals surface area contributed by atoms with Gasteiger partial charge in [-0.1, -0.05) is 17.8 Å². The van der Waals surface area contributed by atoms with Crippen LogP contribution in [0.5, 0.6) is 0 Å². The lowest BCUT2D eigenvalue weighted by atomic mass is 9.52. The van der Waals surface area contributed by atoms with Gasteiger partial charge in [0, 0.05) is 12.8 Å². The number of carbonyl (C=O) groups excluding carboxylic acids is 2. The Hall–Kier alpha value is -1.48. The molecular weight excluding hydrogens is 326 g/mol. The number of hydrogen-bond acceptors (Lipinski definition) is 6. The van der Waals surface area contributed by atoms with Crippen molar-refractivity contribution in [3.63, 3.8) is 0 Å². The summed E-state index contributed by atoms with van der Waals surface area (Å²) in [6.45, 7) is 1.31. The Balaban J connectivity index is 1.62. The van der Waals surface area contributed by atoms with Crippen LogP contribution in [0.3, 0.4) is 0 Å². The summed E-state index contributed by atoms with van der Waals surface area (Å²) >= 11 is 0.817. The van der Waals surface area contributed by atoms with Crippen molar-refractivity contribution in [2.24, 2.45) is 11.3 Å². The Morgan fingerprint density at radius 3 is 2.59 bits per heavy atom. The van der Waals surface area contributed by atoms with E-state index in [4.69, 9.17) is 0 Å². The summed E-state index contributed by atoms with van der Waals surface area (Å²) < 4.78 is 26.4. The van der Waals surface area contributed by atoms with E-state index in [1.807, 2.05) is 0 Å². The fourth-order valence-electron chi connectivity index (χ4n) is 3.11. The van der Waals surface area contributed by atoms with Gasteiger partial charge < -0.3 is 5.32 Å². The highest BCUT2D eigenvalue weighted by Crippen LogP contribution is 2.58. The Morgan fingerprint density at radius 2 is 2.05 bits per heavy atom. The zero-order valence-corrected chi connectivity index (χ0v) is 13.7. The normalized spacial score (nSPS) is 20.0. The minimum atomic E-state index is -3.92. The van der Waals surface area contributed by atoms with E-state index in [-0.39, 0.29) is 21.2 Å². The molecule has 120 valence electrons. The van der Waals surface area contributed by atoms with Gasteiger partial charge in [0.05, 0.1) is 6.20 Å². The number of aromatic nitrogens is 1. The van der Waals surface area contributed by atoms with Crippen molar-refractivity contribution < 1.29 is 18.0 Å². The van der Waals surface area contributed by atoms with Crippen LogP contribution in [0, 0.1) is 11.3 Å². The quantitative estimate of drug-likeness (QED) is 0.861. The Kier molecular flexibility index (Phi) is 3.72. The smallest absolute Gasteiger partial charge is 0.275 e. The van der Waals surface area contributed by atoms with Gasteiger partial charge in [0.25, 0.3) is 10.0 Å². The molecule has 2 saturated carbocycles. The number of anilines is 1. The topological polar surface area (TPSA) is 105 Å². The molecule has 0 aliphatic heterocycles. The van der Waals surface area contributed by atoms with Crippen molar-refractivity contribution in [3.8, 4) is 0 Å². The average molecular weight is 343 g/mol. The number of thiazole rings is 1. The van der Waals surface area contributed by atoms with E-state index in [0.29, 0.717) is 5.41 Å². The van der Waals surface area contributed by atoms with Crippen molar-refractivity contribution in [2.75, 3.05) is 5.32 Å². The molecule has 3 rings (SSSR count). The third-order valence-electron chi connectivity index (χ3n) is 4.41. The van der Waals surface area contributed by atoms with Crippen molar-refractivity contribution >= 4 is 38.3 Å². The van der Waals surface area contributed by atoms with Crippen LogP contribution in [-0.2, 0) is 19.6 Å². The van der Waals surface area contributed by atoms with E-state index in [9.17, 15) is 18.0 Å². The second kappa shape index (κ2) is 5.31. The first-order valence-electron chi connectivity index (χ1n) is 7.10. The van der Waals surface area contributed by atoms with E-state index in [1.165, 1.54) is 13.3 Å². The van der Waals surface area contributed by atoms with Crippen LogP contribution in [0.4, 0.5) is 5.13 Å². The highest BCUT2D eigenvalue weighted by Gasteiger charge is 2.51. The largest absolute Gasteiger partial charge is 0.302 e. The van der Waals surface area contributed by atoms with Gasteiger partial charge in [0.1, 0.15) is 0 Å². The summed E-state index contributed by atoms with van der Waals surface area (Å²) in [7, 11) is -3.92. The molecule has 1 aromatic rings. The van der Waals surface area contributed by atoms with E-state index in [2.05, 4.69) is 15.0 Å². The van der Waals surface area contributed by atoms with Gasteiger partial charge in [0.2, 0.25) is 11.8 Å². The van der Waals surface area contributed by atoms with E-state index in [0.717, 1.165) is 43.2 Å². The number of rotatable bonds is 4. The standard InChI is InChI=1S/C13H17N3O4S2/c1-8(17)15-12-14-7-10(21-12)22(19,20)16-11(18)9-5-13(6-9)3-2-4-13/h7,9H,2-6H2,1H3,(H,16,18)(H,14,15,17). The van der Waals surface area contributed by atoms with Crippen LogP contribution in [-0.4, -0.2) is 25.2 Å². The summed E-state index contributed by atoms with van der Waals surface area (Å²) in [5, 5.41) is 2.61. The Morgan fingerprint density at radius 1 is 1.36 bits per heavy atom. The Bertz CT molecular complexity index is 713. The van der Waals surface area contributed by atoms with Crippen molar-refractivity contribution in [3.05, 3.63) is 6.20 Å². The molecule has 2 fully saturated rings. The SMILES string of the molecule is CC(=O)Nc1ncc(S(=O)(=O)NC(=O)C2CC3(CCC3)C2)s1. The second-order valence-corrected chi connectivity index (χ2v) is 9.03. The maximum atomic E-state index is 12.2. The first kappa shape index (κ1) is 15.4. The summed E-state index contributed by atoms with van der Waals surface area (Å²) in [5.74, 6) is -0.979. The molecule has 0 atom stereocenters. The number of amides is 2. The first-order chi connectivity index (χ1) is 10.3. The number of hydrogen-bond donors (Lipinski definition) is 2. The minimum Gasteiger partial charge on any atom is -0.302 e. The number of carbonyl (C=O) groups is 2. The molecule has 0 bridgehead atoms. The van der Waals surface area contributed by atoms with Crippen LogP contribution in [0.2, 0.25) is 0 Å². The van der Waals surface area contributed by atoms with Gasteiger partial charge in [0.15, 0.2) is 9.34 Å². The van der Waals surface area contributed by atoms with Gasteiger partial charge in [-0.15, -0.1) is 0 Å². The highest BCUT2D eigenvalue weighted by atomic mass is 32.2. The lowest BCUT2D eigenvalue weighted by molar-refractivity contribution is -0.134. The lowest BCUT2D eigenvalue weighted by Gasteiger charge is -2.53. The fraction of sp³-hybridized carbons (Fsp3) is 0.615. The number of sulfonamides is 1. The molecule has 1 aromatic heterocycles. The van der Waals surface area contributed by atoms with Crippen molar-refractivity contribution in [1.29, 1.82) is 0 Å². The molecule has 1 spiro atoms. The van der Waals surface area contributed by atoms with E-state index in [1.54, 1.807) is 0 Å². The van der Waals surface area contributed by atoms with Crippen molar-refractivity contribution in [2.45, 2.75) is 43.2 Å². The van der Waals surface area contributed by atoms with E-state index < -0.39 is 15.9 Å². The third-order valence-corrected chi connectivity index (χ3v) is 7.13. The third kappa shape index (κ3) is 2.87. The summed E-state index contributed by atoms with van der Waals surface area (Å²) in [5.41, 5.74) is 0.314. The van der Waals surface area contributed by atoms with Gasteiger partial charge in [-0.05, 0) is 31.1 Å². The Labute approximate surface area is 132 Å². The molecular formula is C13H17N3O4S2. The van der Waals surface area contributed by atoms with E-state index >= 15 is 0 Å². The minimum absolute atomic E-state index is 0.0812. The molecule has 7 nitrogen and oxygen atoms in total. The monoisotopic (exact) mass is 343 g/mol. The zero-order valence-electron chi connectivity index (χ0n) is 12.1. The average Bonchev–Trinajstić information content (AvgIpc) is 2.72. The molecule has 2 amide bonds. The molecule has 2 aliphatic carbocycles. The van der Waals surface area contributed by atoms with Crippen LogP contribution in [0.1, 0.15) is 39.0 Å². The van der Waals surface area contributed by atoms with Gasteiger partial charge >= 0.3 is 0 Å². The second-order valence-electron chi connectivity index (χ2n) is 6.09. The number of nitrogens with zero attached hydrogens (tertiary/aromatic N) is 1. The molecule has 1 heterocycles. The first-order valence-corrected chi connectivity index (χ1v) is 9.40. The van der Waals surface area contributed by atoms with Crippen LogP contribution >= 0.6 is 11.3 Å². The molecule has 2 N–H and O–H groups in total. The highest BCUT2D eigenvalue weighted by molar-refractivity contribution is 7.92. The molecule has 22 heavy (non-hydrogen) atoms. The van der Waals surface area contributed by atoms with Crippen LogP contribution in [0.25, 0.3) is 0 Å². The maximum absolute atomic E-state index is 12.2.